The van der Waals surface area contributed by atoms with E-state index in [2.05, 4.69) is 0 Å². The fourth-order valence-corrected chi connectivity index (χ4v) is 0.970. The minimum Gasteiger partial charge on any atom is -0.392 e. The van der Waals surface area contributed by atoms with E-state index in [1.807, 2.05) is 0 Å². The Kier molecular flexibility index (Phi) is 5.04. The van der Waals surface area contributed by atoms with Crippen LogP contribution in [0.2, 0.25) is 0 Å². The van der Waals surface area contributed by atoms with Crippen molar-refractivity contribution in [3.8, 4) is 0 Å². The monoisotopic (exact) mass is 190 g/mol. The zero-order chi connectivity index (χ0) is 7.44. The number of halogens is 3. The molecule has 0 heterocycles. The highest BCUT2D eigenvalue weighted by Gasteiger charge is 2.19. The number of rotatable bonds is 3. The van der Waals surface area contributed by atoms with Gasteiger partial charge in [-0.2, -0.15) is 0 Å². The zero-order valence-electron chi connectivity index (χ0n) is 5.02. The van der Waals surface area contributed by atoms with E-state index in [9.17, 15) is 0 Å². The minimum atomic E-state index is -0.604. The lowest BCUT2D eigenvalue weighted by Crippen LogP contribution is -2.27. The summed E-state index contributed by atoms with van der Waals surface area (Å²) in [6.45, 7) is 1.58. The Morgan fingerprint density at radius 2 is 1.89 bits per heavy atom. The van der Waals surface area contributed by atoms with Crippen molar-refractivity contribution in [1.82, 2.24) is 0 Å². The van der Waals surface area contributed by atoms with Gasteiger partial charge in [0.05, 0.1) is 16.9 Å². The molecule has 0 amide bonds. The van der Waals surface area contributed by atoms with Crippen LogP contribution in [0.25, 0.3) is 0 Å². The van der Waals surface area contributed by atoms with Crippen LogP contribution in [0.4, 0.5) is 0 Å². The fraction of sp³-hybridized carbons (Fsp3) is 1.00. The second-order valence-corrected chi connectivity index (χ2v) is 3.23. The van der Waals surface area contributed by atoms with Crippen LogP contribution in [0.5, 0.6) is 0 Å². The number of hydrogen-bond acceptors (Lipinski definition) is 1. The molecule has 1 N–H and O–H groups in total. The van der Waals surface area contributed by atoms with Crippen LogP contribution >= 0.6 is 34.8 Å². The first kappa shape index (κ1) is 9.83. The smallest absolute Gasteiger partial charge is 0.0767 e. The van der Waals surface area contributed by atoms with Gasteiger partial charge in [0.2, 0.25) is 0 Å². The molecule has 0 aliphatic rings. The minimum absolute atomic E-state index is 0.265. The quantitative estimate of drug-likeness (QED) is 0.675. The Bertz CT molecular complexity index is 76.6. The van der Waals surface area contributed by atoms with E-state index in [0.717, 1.165) is 0 Å². The fourth-order valence-electron chi connectivity index (χ4n) is 0.387. The summed E-state index contributed by atoms with van der Waals surface area (Å²) in [7, 11) is 0. The maximum absolute atomic E-state index is 8.85. The SMILES string of the molecule is CC(O)C(Cl)C(Cl)CCl. The van der Waals surface area contributed by atoms with Gasteiger partial charge in [-0.1, -0.05) is 0 Å². The van der Waals surface area contributed by atoms with E-state index in [4.69, 9.17) is 39.9 Å². The normalized spacial score (nSPS) is 21.0. The van der Waals surface area contributed by atoms with Crippen LogP contribution in [-0.4, -0.2) is 27.8 Å². The molecule has 0 radical (unpaired) electrons. The molecule has 0 aliphatic carbocycles. The predicted octanol–water partition coefficient (Wildman–Crippen LogP) is 1.82. The molecule has 56 valence electrons. The summed E-state index contributed by atoms with van der Waals surface area (Å²) in [5.74, 6) is 0.265. The average Bonchev–Trinajstić information content (AvgIpc) is 1.84. The van der Waals surface area contributed by atoms with Crippen LogP contribution in [0.15, 0.2) is 0 Å². The summed E-state index contributed by atoms with van der Waals surface area (Å²) in [6, 6.07) is 0. The number of hydrogen-bond donors (Lipinski definition) is 1. The van der Waals surface area contributed by atoms with Gasteiger partial charge >= 0.3 is 0 Å². The van der Waals surface area contributed by atoms with E-state index in [1.165, 1.54) is 0 Å². The second-order valence-electron chi connectivity index (χ2n) is 1.86. The van der Waals surface area contributed by atoms with Crippen LogP contribution in [0, 0.1) is 0 Å². The predicted molar refractivity (Wildman–Crippen MR) is 41.7 cm³/mol. The molecule has 1 nitrogen and oxygen atoms in total. The van der Waals surface area contributed by atoms with Gasteiger partial charge < -0.3 is 5.11 Å². The maximum Gasteiger partial charge on any atom is 0.0767 e. The topological polar surface area (TPSA) is 20.2 Å². The van der Waals surface area contributed by atoms with E-state index in [-0.39, 0.29) is 11.3 Å². The lowest BCUT2D eigenvalue weighted by Gasteiger charge is -2.15. The molecule has 0 aliphatic heterocycles. The first-order valence-corrected chi connectivity index (χ1v) is 4.02. The van der Waals surface area contributed by atoms with Gasteiger partial charge in [-0.3, -0.25) is 0 Å². The van der Waals surface area contributed by atoms with Gasteiger partial charge in [0.1, 0.15) is 0 Å². The molecule has 0 saturated heterocycles. The number of aliphatic hydroxyl groups is 1. The third kappa shape index (κ3) is 3.51. The van der Waals surface area contributed by atoms with Gasteiger partial charge in [-0.05, 0) is 6.92 Å². The maximum atomic E-state index is 8.85. The molecule has 9 heavy (non-hydrogen) atoms. The summed E-state index contributed by atoms with van der Waals surface area (Å²) >= 11 is 16.6. The van der Waals surface area contributed by atoms with Gasteiger partial charge in [-0.25, -0.2) is 0 Å². The van der Waals surface area contributed by atoms with Crippen LogP contribution in [-0.2, 0) is 0 Å². The largest absolute Gasteiger partial charge is 0.392 e. The molecular formula is C5H9Cl3O. The van der Waals surface area contributed by atoms with Crippen LogP contribution in [0.1, 0.15) is 6.92 Å². The van der Waals surface area contributed by atoms with Crippen molar-refractivity contribution in [3.05, 3.63) is 0 Å². The average molecular weight is 191 g/mol. The molecule has 0 aromatic carbocycles. The third-order valence-electron chi connectivity index (χ3n) is 0.954. The molecule has 0 aromatic heterocycles. The first-order valence-electron chi connectivity index (χ1n) is 2.61. The van der Waals surface area contributed by atoms with Crippen molar-refractivity contribution in [2.75, 3.05) is 5.88 Å². The van der Waals surface area contributed by atoms with E-state index < -0.39 is 11.5 Å². The zero-order valence-corrected chi connectivity index (χ0v) is 7.29. The van der Waals surface area contributed by atoms with Crippen molar-refractivity contribution < 1.29 is 5.11 Å². The first-order chi connectivity index (χ1) is 4.09. The van der Waals surface area contributed by atoms with E-state index >= 15 is 0 Å². The molecule has 3 atom stereocenters. The van der Waals surface area contributed by atoms with Crippen molar-refractivity contribution in [1.29, 1.82) is 0 Å². The number of aliphatic hydroxyl groups excluding tert-OH is 1. The Balaban J connectivity index is 3.58. The summed E-state index contributed by atoms with van der Waals surface area (Å²) < 4.78 is 0. The molecule has 4 heteroatoms. The Morgan fingerprint density at radius 1 is 1.44 bits per heavy atom. The summed E-state index contributed by atoms with van der Waals surface area (Å²) in [5.41, 5.74) is 0. The van der Waals surface area contributed by atoms with Gasteiger partial charge in [-0.15, -0.1) is 34.8 Å². The summed E-state index contributed by atoms with van der Waals surface area (Å²) in [4.78, 5) is 0. The highest BCUT2D eigenvalue weighted by atomic mass is 35.5. The Hall–Kier alpha value is 0.830. The summed E-state index contributed by atoms with van der Waals surface area (Å²) in [6.07, 6.45) is -0.604. The molecule has 0 rings (SSSR count). The molecule has 0 saturated carbocycles. The lowest BCUT2D eigenvalue weighted by molar-refractivity contribution is 0.188. The van der Waals surface area contributed by atoms with Gasteiger partial charge in [0, 0.05) is 5.88 Å². The van der Waals surface area contributed by atoms with Crippen LogP contribution < -0.4 is 0 Å². The van der Waals surface area contributed by atoms with Crippen LogP contribution in [0.3, 0.4) is 0 Å². The van der Waals surface area contributed by atoms with Crippen molar-refractivity contribution >= 4 is 34.8 Å². The second kappa shape index (κ2) is 4.62. The molecular weight excluding hydrogens is 182 g/mol. The molecule has 0 aromatic rings. The Morgan fingerprint density at radius 3 is 2.00 bits per heavy atom. The lowest BCUT2D eigenvalue weighted by atomic mass is 10.2. The van der Waals surface area contributed by atoms with E-state index in [1.54, 1.807) is 6.92 Å². The summed E-state index contributed by atoms with van der Waals surface area (Å²) in [5, 5.41) is 8.04. The highest BCUT2D eigenvalue weighted by Crippen LogP contribution is 2.14. The third-order valence-corrected chi connectivity index (χ3v) is 2.67. The highest BCUT2D eigenvalue weighted by molar-refractivity contribution is 6.34. The van der Waals surface area contributed by atoms with Crippen molar-refractivity contribution in [3.63, 3.8) is 0 Å². The Labute approximate surface area is 69.9 Å². The molecule has 0 spiro atoms. The standard InChI is InChI=1S/C5H9Cl3O/c1-3(9)5(8)4(7)2-6/h3-5,9H,2H2,1H3. The van der Waals surface area contributed by atoms with E-state index in [0.29, 0.717) is 0 Å². The van der Waals surface area contributed by atoms with Crippen molar-refractivity contribution in [2.24, 2.45) is 0 Å². The molecule has 0 fully saturated rings. The van der Waals surface area contributed by atoms with Crippen molar-refractivity contribution in [2.45, 2.75) is 23.8 Å². The number of alkyl halides is 3. The molecule has 3 unspecified atom stereocenters. The van der Waals surface area contributed by atoms with Gasteiger partial charge in [0.25, 0.3) is 0 Å². The van der Waals surface area contributed by atoms with Gasteiger partial charge in [0.15, 0.2) is 0 Å². The molecule has 0 bridgehead atoms.